The molecule has 80 valence electrons. The fourth-order valence-electron chi connectivity index (χ4n) is 1.82. The molecule has 3 heteroatoms. The Labute approximate surface area is 94.9 Å². The summed E-state index contributed by atoms with van der Waals surface area (Å²) in [4.78, 5) is 4.57. The highest BCUT2D eigenvalue weighted by Crippen LogP contribution is 2.17. The molecule has 2 aromatic rings. The van der Waals surface area contributed by atoms with E-state index in [1.807, 2.05) is 0 Å². The molecule has 0 amide bonds. The van der Waals surface area contributed by atoms with E-state index in [1.165, 1.54) is 5.56 Å². The van der Waals surface area contributed by atoms with Gasteiger partial charge in [0, 0.05) is 12.6 Å². The molecule has 0 saturated heterocycles. The lowest BCUT2D eigenvalue weighted by Gasteiger charge is -2.00. The summed E-state index contributed by atoms with van der Waals surface area (Å²) in [6.07, 6.45) is 4.19. The van der Waals surface area contributed by atoms with E-state index < -0.39 is 0 Å². The molecule has 0 aromatic carbocycles. The Morgan fingerprint density at radius 3 is 2.93 bits per heavy atom. The number of aryl methyl sites for hydroxylation is 2. The average Bonchev–Trinajstić information content (AvgIpc) is 2.56. The highest BCUT2D eigenvalue weighted by atomic mass is 35.5. The maximum atomic E-state index is 5.90. The van der Waals surface area contributed by atoms with E-state index in [4.69, 9.17) is 11.6 Å². The van der Waals surface area contributed by atoms with Gasteiger partial charge in [-0.25, -0.2) is 4.98 Å². The van der Waals surface area contributed by atoms with E-state index in [-0.39, 0.29) is 0 Å². The Bertz CT molecular complexity index is 474. The summed E-state index contributed by atoms with van der Waals surface area (Å²) in [7, 11) is 0. The van der Waals surface area contributed by atoms with Crippen molar-refractivity contribution in [1.29, 1.82) is 0 Å². The Balaban J connectivity index is 2.64. The maximum absolute atomic E-state index is 5.90. The third-order valence-corrected chi connectivity index (χ3v) is 2.80. The molecule has 0 radical (unpaired) electrons. The molecule has 0 unspecified atom stereocenters. The van der Waals surface area contributed by atoms with E-state index in [2.05, 4.69) is 41.6 Å². The summed E-state index contributed by atoms with van der Waals surface area (Å²) in [5.74, 6) is 1.60. The quantitative estimate of drug-likeness (QED) is 0.729. The van der Waals surface area contributed by atoms with Crippen molar-refractivity contribution in [3.63, 3.8) is 0 Å². The number of alkyl halides is 1. The summed E-state index contributed by atoms with van der Waals surface area (Å²) < 4.78 is 2.15. The first-order chi connectivity index (χ1) is 7.26. The molecule has 2 nitrogen and oxygen atoms in total. The Hall–Kier alpha value is -1.02. The van der Waals surface area contributed by atoms with Crippen LogP contribution in [-0.4, -0.2) is 9.38 Å². The topological polar surface area (TPSA) is 17.3 Å². The molecule has 0 saturated carbocycles. The van der Waals surface area contributed by atoms with Gasteiger partial charge >= 0.3 is 0 Å². The van der Waals surface area contributed by atoms with Crippen molar-refractivity contribution >= 4 is 17.1 Å². The first-order valence-corrected chi connectivity index (χ1v) is 5.82. The fourth-order valence-corrected chi connectivity index (χ4v) is 2.02. The number of rotatable bonds is 3. The van der Waals surface area contributed by atoms with Crippen LogP contribution in [0.3, 0.4) is 0 Å². The summed E-state index contributed by atoms with van der Waals surface area (Å²) in [6.45, 7) is 4.25. The van der Waals surface area contributed by atoms with Gasteiger partial charge in [-0.1, -0.05) is 6.92 Å². The number of hydrogen-bond donors (Lipinski definition) is 0. The van der Waals surface area contributed by atoms with Crippen LogP contribution < -0.4 is 0 Å². The zero-order valence-electron chi connectivity index (χ0n) is 9.13. The summed E-state index contributed by atoms with van der Waals surface area (Å²) in [5, 5.41) is 0. The summed E-state index contributed by atoms with van der Waals surface area (Å²) in [5.41, 5.74) is 3.38. The first kappa shape index (κ1) is 10.5. The highest BCUT2D eigenvalue weighted by molar-refractivity contribution is 6.17. The smallest absolute Gasteiger partial charge is 0.113 e. The van der Waals surface area contributed by atoms with Gasteiger partial charge in [-0.3, -0.25) is 0 Å². The van der Waals surface area contributed by atoms with Gasteiger partial charge in [0.1, 0.15) is 5.82 Å². The normalized spacial score (nSPS) is 11.1. The second-order valence-corrected chi connectivity index (χ2v) is 4.08. The molecule has 0 aliphatic heterocycles. The lowest BCUT2D eigenvalue weighted by atomic mass is 10.2. The van der Waals surface area contributed by atoms with Gasteiger partial charge < -0.3 is 4.40 Å². The molecule has 0 spiro atoms. The van der Waals surface area contributed by atoms with Crippen LogP contribution >= 0.6 is 11.6 Å². The van der Waals surface area contributed by atoms with E-state index in [9.17, 15) is 0 Å². The molecule has 15 heavy (non-hydrogen) atoms. The van der Waals surface area contributed by atoms with Crippen LogP contribution in [0.2, 0.25) is 0 Å². The second-order valence-electron chi connectivity index (χ2n) is 3.82. The van der Waals surface area contributed by atoms with Crippen molar-refractivity contribution in [3.05, 3.63) is 35.4 Å². The van der Waals surface area contributed by atoms with Gasteiger partial charge in [-0.05, 0) is 31.0 Å². The van der Waals surface area contributed by atoms with Crippen molar-refractivity contribution in [3.8, 4) is 0 Å². The lowest BCUT2D eigenvalue weighted by Crippen LogP contribution is -1.93. The van der Waals surface area contributed by atoms with Crippen LogP contribution in [0.1, 0.15) is 30.4 Å². The zero-order chi connectivity index (χ0) is 10.8. The zero-order valence-corrected chi connectivity index (χ0v) is 9.88. The standard InChI is InChI=1S/C12H15ClN2/c1-3-4-12-14-10(8-13)11-7-9(2)5-6-15(11)12/h5-7H,3-4,8H2,1-2H3. The number of halogens is 1. The van der Waals surface area contributed by atoms with Gasteiger partial charge in [0.05, 0.1) is 17.1 Å². The minimum Gasteiger partial charge on any atom is -0.303 e. The highest BCUT2D eigenvalue weighted by Gasteiger charge is 2.08. The molecule has 0 bridgehead atoms. The SMILES string of the molecule is CCCc1nc(CCl)c2cc(C)ccn12. The molecule has 0 fully saturated rings. The van der Waals surface area contributed by atoms with Gasteiger partial charge in [-0.2, -0.15) is 0 Å². The van der Waals surface area contributed by atoms with Crippen molar-refractivity contribution in [2.24, 2.45) is 0 Å². The summed E-state index contributed by atoms with van der Waals surface area (Å²) in [6, 6.07) is 4.25. The van der Waals surface area contributed by atoms with Crippen LogP contribution in [0.15, 0.2) is 18.3 Å². The monoisotopic (exact) mass is 222 g/mol. The van der Waals surface area contributed by atoms with Crippen molar-refractivity contribution in [2.45, 2.75) is 32.6 Å². The number of imidazole rings is 1. The Morgan fingerprint density at radius 2 is 2.27 bits per heavy atom. The van der Waals surface area contributed by atoms with Gasteiger partial charge in [0.2, 0.25) is 0 Å². The van der Waals surface area contributed by atoms with Crippen LogP contribution in [0.5, 0.6) is 0 Å². The second kappa shape index (κ2) is 4.23. The third kappa shape index (κ3) is 1.86. The Kier molecular flexibility index (Phi) is 2.96. The predicted molar refractivity (Wildman–Crippen MR) is 63.5 cm³/mol. The van der Waals surface area contributed by atoms with Crippen molar-refractivity contribution in [1.82, 2.24) is 9.38 Å². The number of hydrogen-bond acceptors (Lipinski definition) is 1. The van der Waals surface area contributed by atoms with Crippen LogP contribution in [-0.2, 0) is 12.3 Å². The molecule has 2 heterocycles. The predicted octanol–water partition coefficient (Wildman–Crippen LogP) is 3.33. The minimum atomic E-state index is 0.483. The molecule has 0 atom stereocenters. The van der Waals surface area contributed by atoms with Crippen molar-refractivity contribution < 1.29 is 0 Å². The Morgan fingerprint density at radius 1 is 1.47 bits per heavy atom. The molecule has 0 aliphatic carbocycles. The number of pyridine rings is 1. The van der Waals surface area contributed by atoms with Crippen LogP contribution in [0.25, 0.3) is 5.52 Å². The van der Waals surface area contributed by atoms with Crippen LogP contribution in [0.4, 0.5) is 0 Å². The summed E-state index contributed by atoms with van der Waals surface area (Å²) >= 11 is 5.90. The van der Waals surface area contributed by atoms with Crippen LogP contribution in [0, 0.1) is 6.92 Å². The number of nitrogens with zero attached hydrogens (tertiary/aromatic N) is 2. The average molecular weight is 223 g/mol. The molecular weight excluding hydrogens is 208 g/mol. The molecule has 0 N–H and O–H groups in total. The largest absolute Gasteiger partial charge is 0.303 e. The minimum absolute atomic E-state index is 0.483. The molecular formula is C12H15ClN2. The van der Waals surface area contributed by atoms with E-state index >= 15 is 0 Å². The number of fused-ring (bicyclic) bond motifs is 1. The number of aromatic nitrogens is 2. The van der Waals surface area contributed by atoms with Gasteiger partial charge in [0.25, 0.3) is 0 Å². The fraction of sp³-hybridized carbons (Fsp3) is 0.417. The lowest BCUT2D eigenvalue weighted by molar-refractivity contribution is 0.827. The van der Waals surface area contributed by atoms with E-state index in [0.29, 0.717) is 5.88 Å². The molecule has 2 aromatic heterocycles. The first-order valence-electron chi connectivity index (χ1n) is 5.28. The van der Waals surface area contributed by atoms with Crippen molar-refractivity contribution in [2.75, 3.05) is 0 Å². The molecule has 0 aliphatic rings. The van der Waals surface area contributed by atoms with Gasteiger partial charge in [0.15, 0.2) is 0 Å². The van der Waals surface area contributed by atoms with E-state index in [1.54, 1.807) is 0 Å². The maximum Gasteiger partial charge on any atom is 0.113 e. The third-order valence-electron chi connectivity index (χ3n) is 2.55. The van der Waals surface area contributed by atoms with E-state index in [0.717, 1.165) is 29.9 Å². The van der Waals surface area contributed by atoms with Gasteiger partial charge in [-0.15, -0.1) is 11.6 Å². The molecule has 2 rings (SSSR count).